The lowest BCUT2D eigenvalue weighted by Crippen LogP contribution is -2.11. The van der Waals surface area contributed by atoms with Gasteiger partial charge in [-0.25, -0.2) is 4.79 Å². The first kappa shape index (κ1) is 10.7. The van der Waals surface area contributed by atoms with Crippen LogP contribution in [0.2, 0.25) is 0 Å². The van der Waals surface area contributed by atoms with Crippen LogP contribution >= 0.6 is 0 Å². The van der Waals surface area contributed by atoms with Gasteiger partial charge < -0.3 is 10.5 Å². The molecule has 0 aliphatic carbocycles. The van der Waals surface area contributed by atoms with Crippen molar-refractivity contribution in [3.8, 4) is 0 Å². The topological polar surface area (TPSA) is 52.3 Å². The van der Waals surface area contributed by atoms with Crippen molar-refractivity contribution in [2.75, 3.05) is 13.7 Å². The monoisotopic (exact) mass is 193 g/mol. The zero-order valence-electron chi connectivity index (χ0n) is 8.54. The number of esters is 1. The maximum atomic E-state index is 11.4. The Kier molecular flexibility index (Phi) is 3.65. The first-order valence-corrected chi connectivity index (χ1v) is 4.57. The van der Waals surface area contributed by atoms with Crippen molar-refractivity contribution in [3.05, 3.63) is 34.9 Å². The standard InChI is InChI=1S/C11H15NO2/c1-8-4-3-5-10(11(13)14-2)9(8)6-7-12/h3-5H,6-7,12H2,1-2H3. The minimum absolute atomic E-state index is 0.294. The van der Waals surface area contributed by atoms with E-state index in [1.165, 1.54) is 7.11 Å². The molecule has 0 bridgehead atoms. The highest BCUT2D eigenvalue weighted by atomic mass is 16.5. The molecule has 14 heavy (non-hydrogen) atoms. The smallest absolute Gasteiger partial charge is 0.338 e. The van der Waals surface area contributed by atoms with Gasteiger partial charge in [0, 0.05) is 0 Å². The van der Waals surface area contributed by atoms with Gasteiger partial charge in [-0.1, -0.05) is 12.1 Å². The van der Waals surface area contributed by atoms with Crippen LogP contribution in [0, 0.1) is 6.92 Å². The third-order valence-electron chi connectivity index (χ3n) is 2.21. The van der Waals surface area contributed by atoms with Crippen molar-refractivity contribution in [1.82, 2.24) is 0 Å². The van der Waals surface area contributed by atoms with E-state index in [2.05, 4.69) is 0 Å². The molecule has 0 aromatic heterocycles. The highest BCUT2D eigenvalue weighted by Gasteiger charge is 2.12. The van der Waals surface area contributed by atoms with Crippen molar-refractivity contribution in [2.24, 2.45) is 5.73 Å². The molecule has 0 spiro atoms. The highest BCUT2D eigenvalue weighted by molar-refractivity contribution is 5.91. The molecule has 1 aromatic carbocycles. The van der Waals surface area contributed by atoms with Crippen LogP contribution in [0.1, 0.15) is 21.5 Å². The Hall–Kier alpha value is -1.35. The SMILES string of the molecule is COC(=O)c1cccc(C)c1CCN. The number of carbonyl (C=O) groups excluding carboxylic acids is 1. The Morgan fingerprint density at radius 3 is 2.79 bits per heavy atom. The Labute approximate surface area is 83.9 Å². The van der Waals surface area contributed by atoms with Gasteiger partial charge in [0.1, 0.15) is 0 Å². The summed E-state index contributed by atoms with van der Waals surface area (Å²) in [6, 6.07) is 5.59. The van der Waals surface area contributed by atoms with Crippen LogP contribution in [0.3, 0.4) is 0 Å². The van der Waals surface area contributed by atoms with Gasteiger partial charge >= 0.3 is 5.97 Å². The van der Waals surface area contributed by atoms with Crippen LogP contribution in [0.25, 0.3) is 0 Å². The van der Waals surface area contributed by atoms with Crippen molar-refractivity contribution in [2.45, 2.75) is 13.3 Å². The van der Waals surface area contributed by atoms with Crippen molar-refractivity contribution >= 4 is 5.97 Å². The number of rotatable bonds is 3. The first-order chi connectivity index (χ1) is 6.70. The van der Waals surface area contributed by atoms with E-state index >= 15 is 0 Å². The van der Waals surface area contributed by atoms with Crippen LogP contribution in [-0.2, 0) is 11.2 Å². The van der Waals surface area contributed by atoms with Crippen molar-refractivity contribution < 1.29 is 9.53 Å². The largest absolute Gasteiger partial charge is 0.465 e. The molecule has 0 saturated carbocycles. The lowest BCUT2D eigenvalue weighted by atomic mass is 9.99. The summed E-state index contributed by atoms with van der Waals surface area (Å²) in [5.74, 6) is -0.294. The van der Waals surface area contributed by atoms with E-state index < -0.39 is 0 Å². The average Bonchev–Trinajstić information content (AvgIpc) is 2.20. The van der Waals surface area contributed by atoms with Gasteiger partial charge in [-0.05, 0) is 37.1 Å². The summed E-state index contributed by atoms with van der Waals surface area (Å²) in [4.78, 5) is 11.4. The third-order valence-corrected chi connectivity index (χ3v) is 2.21. The molecule has 1 rings (SSSR count). The van der Waals surface area contributed by atoms with Gasteiger partial charge in [0.15, 0.2) is 0 Å². The molecular formula is C11H15NO2. The fourth-order valence-electron chi connectivity index (χ4n) is 1.48. The summed E-state index contributed by atoms with van der Waals surface area (Å²) in [6.07, 6.45) is 0.705. The molecule has 0 unspecified atom stereocenters. The number of carbonyl (C=O) groups is 1. The molecule has 0 radical (unpaired) electrons. The molecule has 0 aliphatic rings. The van der Waals surface area contributed by atoms with Gasteiger partial charge in [0.05, 0.1) is 12.7 Å². The fourth-order valence-corrected chi connectivity index (χ4v) is 1.48. The minimum Gasteiger partial charge on any atom is -0.465 e. The lowest BCUT2D eigenvalue weighted by Gasteiger charge is -2.09. The summed E-state index contributed by atoms with van der Waals surface area (Å²) in [6.45, 7) is 2.51. The zero-order chi connectivity index (χ0) is 10.6. The number of hydrogen-bond acceptors (Lipinski definition) is 3. The summed E-state index contributed by atoms with van der Waals surface area (Å²) in [5.41, 5.74) is 8.18. The second kappa shape index (κ2) is 4.77. The van der Waals surface area contributed by atoms with Gasteiger partial charge in [0.25, 0.3) is 0 Å². The van der Waals surface area contributed by atoms with E-state index in [9.17, 15) is 4.79 Å². The Balaban J connectivity index is 3.13. The maximum Gasteiger partial charge on any atom is 0.338 e. The van der Waals surface area contributed by atoms with Gasteiger partial charge in [-0.15, -0.1) is 0 Å². The molecule has 0 heterocycles. The Bertz CT molecular complexity index is 334. The normalized spacial score (nSPS) is 9.93. The number of hydrogen-bond donors (Lipinski definition) is 1. The van der Waals surface area contributed by atoms with Crippen LogP contribution < -0.4 is 5.73 Å². The van der Waals surface area contributed by atoms with E-state index in [0.29, 0.717) is 18.5 Å². The molecule has 0 atom stereocenters. The summed E-state index contributed by atoms with van der Waals surface area (Å²) in [7, 11) is 1.39. The van der Waals surface area contributed by atoms with E-state index in [4.69, 9.17) is 10.5 Å². The molecule has 76 valence electrons. The van der Waals surface area contributed by atoms with Gasteiger partial charge in [-0.3, -0.25) is 0 Å². The average molecular weight is 193 g/mol. The number of benzene rings is 1. The summed E-state index contributed by atoms with van der Waals surface area (Å²) >= 11 is 0. The zero-order valence-corrected chi connectivity index (χ0v) is 8.54. The number of aryl methyl sites for hydroxylation is 1. The maximum absolute atomic E-state index is 11.4. The molecule has 2 N–H and O–H groups in total. The molecule has 0 fully saturated rings. The molecular weight excluding hydrogens is 178 g/mol. The second-order valence-electron chi connectivity index (χ2n) is 3.13. The van der Waals surface area contributed by atoms with Crippen LogP contribution in [0.5, 0.6) is 0 Å². The minimum atomic E-state index is -0.294. The molecule has 0 aliphatic heterocycles. The summed E-state index contributed by atoms with van der Waals surface area (Å²) in [5, 5.41) is 0. The van der Waals surface area contributed by atoms with Crippen molar-refractivity contribution in [3.63, 3.8) is 0 Å². The predicted octanol–water partition coefficient (Wildman–Crippen LogP) is 1.28. The molecule has 0 amide bonds. The number of methoxy groups -OCH3 is 1. The quantitative estimate of drug-likeness (QED) is 0.736. The molecule has 0 saturated heterocycles. The molecule has 3 nitrogen and oxygen atoms in total. The lowest BCUT2D eigenvalue weighted by molar-refractivity contribution is 0.0599. The van der Waals surface area contributed by atoms with Crippen LogP contribution in [-0.4, -0.2) is 19.6 Å². The van der Waals surface area contributed by atoms with Crippen LogP contribution in [0.15, 0.2) is 18.2 Å². The predicted molar refractivity (Wildman–Crippen MR) is 55.3 cm³/mol. The second-order valence-corrected chi connectivity index (χ2v) is 3.13. The van der Waals surface area contributed by atoms with E-state index in [1.54, 1.807) is 6.07 Å². The van der Waals surface area contributed by atoms with E-state index in [0.717, 1.165) is 11.1 Å². The Morgan fingerprint density at radius 2 is 2.21 bits per heavy atom. The van der Waals surface area contributed by atoms with Gasteiger partial charge in [0.2, 0.25) is 0 Å². The van der Waals surface area contributed by atoms with Crippen LogP contribution in [0.4, 0.5) is 0 Å². The third kappa shape index (κ3) is 2.12. The molecule has 3 heteroatoms. The Morgan fingerprint density at radius 1 is 1.50 bits per heavy atom. The first-order valence-electron chi connectivity index (χ1n) is 4.57. The molecule has 1 aromatic rings. The van der Waals surface area contributed by atoms with E-state index in [1.807, 2.05) is 19.1 Å². The fraction of sp³-hybridized carbons (Fsp3) is 0.364. The number of nitrogens with two attached hydrogens (primary N) is 1. The summed E-state index contributed by atoms with van der Waals surface area (Å²) < 4.78 is 4.70. The number of ether oxygens (including phenoxy) is 1. The highest BCUT2D eigenvalue weighted by Crippen LogP contribution is 2.15. The van der Waals surface area contributed by atoms with E-state index in [-0.39, 0.29) is 5.97 Å². The van der Waals surface area contributed by atoms with Crippen molar-refractivity contribution in [1.29, 1.82) is 0 Å². The van der Waals surface area contributed by atoms with Gasteiger partial charge in [-0.2, -0.15) is 0 Å².